The summed E-state index contributed by atoms with van der Waals surface area (Å²) < 4.78 is 0. The lowest BCUT2D eigenvalue weighted by Crippen LogP contribution is -2.42. The Morgan fingerprint density at radius 2 is 1.50 bits per heavy atom. The van der Waals surface area contributed by atoms with E-state index in [9.17, 15) is 4.79 Å². The molecule has 2 atom stereocenters. The van der Waals surface area contributed by atoms with Crippen LogP contribution in [0, 0.1) is 10.8 Å². The molecule has 0 bridgehead atoms. The molecule has 1 nitrogen and oxygen atoms in total. The molecule has 0 aromatic heterocycles. The van der Waals surface area contributed by atoms with Gasteiger partial charge >= 0.3 is 0 Å². The molecule has 56 valence electrons. The molecule has 0 aromatic rings. The van der Waals surface area contributed by atoms with Crippen LogP contribution in [-0.4, -0.2) is 5.78 Å². The van der Waals surface area contributed by atoms with Crippen molar-refractivity contribution >= 4 is 5.78 Å². The quantitative estimate of drug-likeness (QED) is 0.501. The van der Waals surface area contributed by atoms with Crippen LogP contribution in [0.4, 0.5) is 0 Å². The van der Waals surface area contributed by atoms with E-state index in [1.807, 2.05) is 0 Å². The van der Waals surface area contributed by atoms with E-state index < -0.39 is 0 Å². The predicted octanol–water partition coefficient (Wildman–Crippen LogP) is 2.16. The topological polar surface area (TPSA) is 17.1 Å². The molecule has 2 aliphatic rings. The molecule has 0 saturated heterocycles. The largest absolute Gasteiger partial charge is 0.300 e. The van der Waals surface area contributed by atoms with E-state index in [1.54, 1.807) is 0 Å². The molecule has 1 heteroatoms. The van der Waals surface area contributed by atoms with Crippen molar-refractivity contribution in [2.45, 2.75) is 39.5 Å². The second-order valence-corrected chi connectivity index (χ2v) is 4.51. The molecule has 0 spiro atoms. The highest BCUT2D eigenvalue weighted by Crippen LogP contribution is 2.64. The normalized spacial score (nSPS) is 52.4. The van der Waals surface area contributed by atoms with Crippen LogP contribution in [0.5, 0.6) is 0 Å². The van der Waals surface area contributed by atoms with Crippen LogP contribution >= 0.6 is 0 Å². The summed E-state index contributed by atoms with van der Waals surface area (Å²) >= 11 is 0. The zero-order valence-electron chi connectivity index (χ0n) is 6.74. The van der Waals surface area contributed by atoms with Crippen molar-refractivity contribution in [2.24, 2.45) is 10.8 Å². The van der Waals surface area contributed by atoms with Gasteiger partial charge in [-0.25, -0.2) is 0 Å². The van der Waals surface area contributed by atoms with Gasteiger partial charge in [0.2, 0.25) is 0 Å². The Bertz CT molecular complexity index is 177. The van der Waals surface area contributed by atoms with Crippen molar-refractivity contribution in [3.63, 3.8) is 0 Å². The first kappa shape index (κ1) is 6.38. The molecular formula is C9H14O. The van der Waals surface area contributed by atoms with Gasteiger partial charge in [0.05, 0.1) is 0 Å². The van der Waals surface area contributed by atoms with Gasteiger partial charge in [0.25, 0.3) is 0 Å². The monoisotopic (exact) mass is 138 g/mol. The Morgan fingerprint density at radius 3 is 1.70 bits per heavy atom. The van der Waals surface area contributed by atoms with Crippen LogP contribution in [-0.2, 0) is 4.79 Å². The van der Waals surface area contributed by atoms with E-state index in [0.29, 0.717) is 16.6 Å². The highest BCUT2D eigenvalue weighted by molar-refractivity contribution is 5.83. The lowest BCUT2D eigenvalue weighted by atomic mass is 9.53. The summed E-state index contributed by atoms with van der Waals surface area (Å²) in [5, 5.41) is 0. The summed E-state index contributed by atoms with van der Waals surface area (Å²) in [7, 11) is 0. The van der Waals surface area contributed by atoms with Crippen molar-refractivity contribution in [2.75, 3.05) is 0 Å². The Labute approximate surface area is 61.8 Å². The first-order valence-electron chi connectivity index (χ1n) is 4.08. The molecule has 0 aliphatic heterocycles. The van der Waals surface area contributed by atoms with Crippen molar-refractivity contribution in [3.05, 3.63) is 0 Å². The van der Waals surface area contributed by atoms with Crippen LogP contribution in [0.25, 0.3) is 0 Å². The van der Waals surface area contributed by atoms with Gasteiger partial charge in [-0.05, 0) is 23.7 Å². The van der Waals surface area contributed by atoms with Crippen LogP contribution in [0.3, 0.4) is 0 Å². The van der Waals surface area contributed by atoms with Gasteiger partial charge in [-0.15, -0.1) is 0 Å². The maximum atomic E-state index is 11.1. The molecular weight excluding hydrogens is 124 g/mol. The maximum absolute atomic E-state index is 11.1. The number of fused-ring (bicyclic) bond motifs is 1. The van der Waals surface area contributed by atoms with E-state index in [2.05, 4.69) is 13.8 Å². The Morgan fingerprint density at radius 1 is 1.10 bits per heavy atom. The lowest BCUT2D eigenvalue weighted by Gasteiger charge is -2.51. The van der Waals surface area contributed by atoms with Gasteiger partial charge in [0.15, 0.2) is 0 Å². The zero-order chi connectivity index (χ0) is 7.41. The van der Waals surface area contributed by atoms with E-state index in [1.165, 1.54) is 12.8 Å². The molecule has 0 heterocycles. The number of Topliss-reactive ketones (excluding diaryl/α,β-unsaturated/α-hetero) is 1. The van der Waals surface area contributed by atoms with Crippen LogP contribution in [0.15, 0.2) is 0 Å². The van der Waals surface area contributed by atoms with E-state index in [-0.39, 0.29) is 0 Å². The lowest BCUT2D eigenvalue weighted by molar-refractivity contribution is -0.118. The van der Waals surface area contributed by atoms with Gasteiger partial charge in [-0.3, -0.25) is 4.79 Å². The van der Waals surface area contributed by atoms with Gasteiger partial charge in [0, 0.05) is 12.8 Å². The third kappa shape index (κ3) is 0.518. The molecule has 0 aromatic carbocycles. The number of carbonyl (C=O) groups is 1. The second-order valence-electron chi connectivity index (χ2n) is 4.51. The summed E-state index contributed by atoms with van der Waals surface area (Å²) in [5.41, 5.74) is 0.786. The molecule has 0 N–H and O–H groups in total. The smallest absolute Gasteiger partial charge is 0.134 e. The highest BCUT2D eigenvalue weighted by Gasteiger charge is 2.58. The first-order chi connectivity index (χ1) is 4.56. The van der Waals surface area contributed by atoms with Gasteiger partial charge in [-0.1, -0.05) is 13.8 Å². The van der Waals surface area contributed by atoms with E-state index >= 15 is 0 Å². The van der Waals surface area contributed by atoms with Gasteiger partial charge in [-0.2, -0.15) is 0 Å². The summed E-state index contributed by atoms with van der Waals surface area (Å²) in [6, 6.07) is 0. The number of hydrogen-bond donors (Lipinski definition) is 0. The Balaban J connectivity index is 2.31. The van der Waals surface area contributed by atoms with E-state index in [0.717, 1.165) is 12.8 Å². The molecule has 2 aliphatic carbocycles. The van der Waals surface area contributed by atoms with Gasteiger partial charge < -0.3 is 0 Å². The number of carbonyl (C=O) groups excluding carboxylic acids is 1. The fourth-order valence-corrected chi connectivity index (χ4v) is 2.51. The van der Waals surface area contributed by atoms with Crippen LogP contribution < -0.4 is 0 Å². The van der Waals surface area contributed by atoms with E-state index in [4.69, 9.17) is 0 Å². The number of rotatable bonds is 0. The maximum Gasteiger partial charge on any atom is 0.134 e. The molecule has 0 unspecified atom stereocenters. The average Bonchev–Trinajstić information content (AvgIpc) is 1.95. The molecule has 2 fully saturated rings. The fourth-order valence-electron chi connectivity index (χ4n) is 2.51. The van der Waals surface area contributed by atoms with Crippen molar-refractivity contribution in [1.82, 2.24) is 0 Å². The molecule has 10 heavy (non-hydrogen) atoms. The third-order valence-corrected chi connectivity index (χ3v) is 3.86. The summed E-state index contributed by atoms with van der Waals surface area (Å²) in [4.78, 5) is 11.1. The van der Waals surface area contributed by atoms with Crippen molar-refractivity contribution in [1.29, 1.82) is 0 Å². The Kier molecular flexibility index (Phi) is 0.934. The van der Waals surface area contributed by atoms with Crippen molar-refractivity contribution < 1.29 is 4.79 Å². The van der Waals surface area contributed by atoms with Crippen molar-refractivity contribution in [3.8, 4) is 0 Å². The number of ketones is 1. The SMILES string of the molecule is C[C@@]12CC[C@]1(C)CC(=O)C2. The molecule has 2 saturated carbocycles. The highest BCUT2D eigenvalue weighted by atomic mass is 16.1. The van der Waals surface area contributed by atoms with Crippen LogP contribution in [0.1, 0.15) is 39.5 Å². The molecule has 0 amide bonds. The predicted molar refractivity (Wildman–Crippen MR) is 39.7 cm³/mol. The van der Waals surface area contributed by atoms with Crippen LogP contribution in [0.2, 0.25) is 0 Å². The first-order valence-corrected chi connectivity index (χ1v) is 4.08. The molecule has 2 rings (SSSR count). The third-order valence-electron chi connectivity index (χ3n) is 3.86. The van der Waals surface area contributed by atoms with Gasteiger partial charge in [0.1, 0.15) is 5.78 Å². The minimum atomic E-state index is 0.393. The zero-order valence-corrected chi connectivity index (χ0v) is 6.74. The summed E-state index contributed by atoms with van der Waals surface area (Å²) in [6.45, 7) is 4.53. The molecule has 0 radical (unpaired) electrons. The second kappa shape index (κ2) is 1.46. The fraction of sp³-hybridized carbons (Fsp3) is 0.889. The standard InChI is InChI=1S/C9H14O/c1-8-3-4-9(8,2)6-7(10)5-8/h3-6H2,1-2H3/t8-,9+. The average molecular weight is 138 g/mol. The minimum Gasteiger partial charge on any atom is -0.300 e. The number of hydrogen-bond acceptors (Lipinski definition) is 1. The summed E-state index contributed by atoms with van der Waals surface area (Å²) in [6.07, 6.45) is 4.25. The summed E-state index contributed by atoms with van der Waals surface area (Å²) in [5.74, 6) is 0.488. The Hall–Kier alpha value is -0.330. The minimum absolute atomic E-state index is 0.393.